The number of rotatable bonds is 3. The van der Waals surface area contributed by atoms with Crippen molar-refractivity contribution in [2.45, 2.75) is 70.9 Å². The lowest BCUT2D eigenvalue weighted by Crippen LogP contribution is -2.47. The lowest BCUT2D eigenvalue weighted by atomic mass is 9.85. The molecule has 2 N–H and O–H groups in total. The van der Waals surface area contributed by atoms with Gasteiger partial charge in [0.2, 0.25) is 5.91 Å². The summed E-state index contributed by atoms with van der Waals surface area (Å²) in [5.74, 6) is 1.53. The highest BCUT2D eigenvalue weighted by molar-refractivity contribution is 5.77. The molecule has 4 atom stereocenters. The third kappa shape index (κ3) is 3.71. The van der Waals surface area contributed by atoms with Crippen molar-refractivity contribution in [1.29, 1.82) is 0 Å². The van der Waals surface area contributed by atoms with Gasteiger partial charge in [0.1, 0.15) is 0 Å². The van der Waals surface area contributed by atoms with Gasteiger partial charge in [-0.1, -0.05) is 26.7 Å². The normalized spacial score (nSPS) is 37.2. The number of hydrogen-bond acceptors (Lipinski definition) is 2. The minimum absolute atomic E-state index is 0.250. The van der Waals surface area contributed by atoms with E-state index in [4.69, 9.17) is 0 Å². The molecule has 0 aromatic carbocycles. The second-order valence-electron chi connectivity index (χ2n) is 6.32. The molecule has 2 aliphatic rings. The van der Waals surface area contributed by atoms with Gasteiger partial charge < -0.3 is 10.6 Å². The van der Waals surface area contributed by atoms with Crippen LogP contribution in [0, 0.1) is 11.8 Å². The minimum atomic E-state index is 0.250. The summed E-state index contributed by atoms with van der Waals surface area (Å²) in [6, 6.07) is 0.808. The fourth-order valence-electron chi connectivity index (χ4n) is 3.38. The Morgan fingerprint density at radius 3 is 2.56 bits per heavy atom. The van der Waals surface area contributed by atoms with Crippen molar-refractivity contribution in [1.82, 2.24) is 10.6 Å². The molecule has 1 amide bonds. The summed E-state index contributed by atoms with van der Waals surface area (Å²) >= 11 is 0. The van der Waals surface area contributed by atoms with E-state index in [-0.39, 0.29) is 5.91 Å². The van der Waals surface area contributed by atoms with E-state index in [2.05, 4.69) is 24.5 Å². The SMILES string of the molecule is CC1CCCNC1CC(=O)NC1CCCCC1C. The van der Waals surface area contributed by atoms with Crippen LogP contribution in [-0.2, 0) is 4.79 Å². The highest BCUT2D eigenvalue weighted by atomic mass is 16.1. The topological polar surface area (TPSA) is 41.1 Å². The molecule has 104 valence electrons. The van der Waals surface area contributed by atoms with Crippen molar-refractivity contribution < 1.29 is 4.79 Å². The summed E-state index contributed by atoms with van der Waals surface area (Å²) in [6.45, 7) is 5.60. The van der Waals surface area contributed by atoms with Crippen LogP contribution in [0.3, 0.4) is 0 Å². The van der Waals surface area contributed by atoms with Gasteiger partial charge in [-0.05, 0) is 44.1 Å². The minimum Gasteiger partial charge on any atom is -0.353 e. The molecule has 1 saturated heterocycles. The molecular formula is C15H28N2O. The Morgan fingerprint density at radius 2 is 1.83 bits per heavy atom. The van der Waals surface area contributed by atoms with E-state index in [1.54, 1.807) is 0 Å². The molecule has 1 aliphatic carbocycles. The number of amides is 1. The molecule has 0 spiro atoms. The zero-order valence-electron chi connectivity index (χ0n) is 11.9. The highest BCUT2D eigenvalue weighted by Crippen LogP contribution is 2.24. The van der Waals surface area contributed by atoms with E-state index in [9.17, 15) is 4.79 Å². The van der Waals surface area contributed by atoms with E-state index in [0.717, 1.165) is 6.54 Å². The molecule has 18 heavy (non-hydrogen) atoms. The van der Waals surface area contributed by atoms with E-state index >= 15 is 0 Å². The van der Waals surface area contributed by atoms with Crippen molar-refractivity contribution in [2.24, 2.45) is 11.8 Å². The number of carbonyl (C=O) groups is 1. The first kappa shape index (κ1) is 13.9. The van der Waals surface area contributed by atoms with Crippen molar-refractivity contribution in [3.8, 4) is 0 Å². The number of nitrogens with one attached hydrogen (secondary N) is 2. The molecule has 4 unspecified atom stereocenters. The molecule has 1 aliphatic heterocycles. The Bertz CT molecular complexity index is 254. The molecule has 0 aromatic heterocycles. The van der Waals surface area contributed by atoms with Gasteiger partial charge >= 0.3 is 0 Å². The number of carbonyl (C=O) groups excluding carboxylic acids is 1. The number of piperidine rings is 1. The van der Waals surface area contributed by atoms with Crippen molar-refractivity contribution in [3.63, 3.8) is 0 Å². The van der Waals surface area contributed by atoms with Crippen LogP contribution >= 0.6 is 0 Å². The van der Waals surface area contributed by atoms with Crippen molar-refractivity contribution in [2.75, 3.05) is 6.54 Å². The molecule has 3 nitrogen and oxygen atoms in total. The zero-order chi connectivity index (χ0) is 13.0. The van der Waals surface area contributed by atoms with Gasteiger partial charge in [-0.3, -0.25) is 4.79 Å². The van der Waals surface area contributed by atoms with Gasteiger partial charge in [0.25, 0.3) is 0 Å². The van der Waals surface area contributed by atoms with Crippen LogP contribution in [0.1, 0.15) is 58.8 Å². The molecule has 0 radical (unpaired) electrons. The Labute approximate surface area is 111 Å². The molecule has 3 heteroatoms. The summed E-state index contributed by atoms with van der Waals surface area (Å²) in [6.07, 6.45) is 8.19. The molecule has 0 aromatic rings. The maximum absolute atomic E-state index is 12.1. The molecular weight excluding hydrogens is 224 g/mol. The average Bonchev–Trinajstić information content (AvgIpc) is 2.35. The van der Waals surface area contributed by atoms with Gasteiger partial charge in [-0.15, -0.1) is 0 Å². The smallest absolute Gasteiger partial charge is 0.221 e. The van der Waals surface area contributed by atoms with Gasteiger partial charge in [0.15, 0.2) is 0 Å². The first-order valence-corrected chi connectivity index (χ1v) is 7.69. The largest absolute Gasteiger partial charge is 0.353 e. The second kappa shape index (κ2) is 6.55. The first-order chi connectivity index (χ1) is 8.66. The van der Waals surface area contributed by atoms with Crippen LogP contribution in [-0.4, -0.2) is 24.5 Å². The van der Waals surface area contributed by atoms with Crippen molar-refractivity contribution in [3.05, 3.63) is 0 Å². The van der Waals surface area contributed by atoms with Gasteiger partial charge in [-0.2, -0.15) is 0 Å². The summed E-state index contributed by atoms with van der Waals surface area (Å²) in [5, 5.41) is 6.74. The zero-order valence-corrected chi connectivity index (χ0v) is 11.9. The molecule has 2 rings (SSSR count). The van der Waals surface area contributed by atoms with Crippen LogP contribution in [0.2, 0.25) is 0 Å². The van der Waals surface area contributed by atoms with Crippen LogP contribution in [0.4, 0.5) is 0 Å². The average molecular weight is 252 g/mol. The van der Waals surface area contributed by atoms with Crippen LogP contribution < -0.4 is 10.6 Å². The third-order valence-electron chi connectivity index (χ3n) is 4.79. The molecule has 0 bridgehead atoms. The summed E-state index contributed by atoms with van der Waals surface area (Å²) < 4.78 is 0. The predicted molar refractivity (Wildman–Crippen MR) is 74.4 cm³/mol. The van der Waals surface area contributed by atoms with Crippen molar-refractivity contribution >= 4 is 5.91 Å². The Kier molecular flexibility index (Phi) is 5.04. The lowest BCUT2D eigenvalue weighted by Gasteiger charge is -2.32. The fraction of sp³-hybridized carbons (Fsp3) is 0.933. The van der Waals surface area contributed by atoms with Crippen LogP contribution in [0.15, 0.2) is 0 Å². The molecule has 1 heterocycles. The van der Waals surface area contributed by atoms with E-state index in [0.29, 0.717) is 30.3 Å². The Hall–Kier alpha value is -0.570. The van der Waals surface area contributed by atoms with Crippen LogP contribution in [0.5, 0.6) is 0 Å². The Balaban J connectivity index is 1.77. The predicted octanol–water partition coefficient (Wildman–Crippen LogP) is 2.46. The van der Waals surface area contributed by atoms with Gasteiger partial charge in [-0.25, -0.2) is 0 Å². The fourth-order valence-corrected chi connectivity index (χ4v) is 3.38. The Morgan fingerprint density at radius 1 is 1.11 bits per heavy atom. The molecule has 1 saturated carbocycles. The van der Waals surface area contributed by atoms with Gasteiger partial charge in [0, 0.05) is 18.5 Å². The number of hydrogen-bond donors (Lipinski definition) is 2. The monoisotopic (exact) mass is 252 g/mol. The van der Waals surface area contributed by atoms with Crippen LogP contribution in [0.25, 0.3) is 0 Å². The first-order valence-electron chi connectivity index (χ1n) is 7.69. The maximum Gasteiger partial charge on any atom is 0.221 e. The van der Waals surface area contributed by atoms with E-state index in [1.165, 1.54) is 38.5 Å². The summed E-state index contributed by atoms with van der Waals surface area (Å²) in [5.41, 5.74) is 0. The summed E-state index contributed by atoms with van der Waals surface area (Å²) in [4.78, 5) is 12.1. The van der Waals surface area contributed by atoms with E-state index in [1.807, 2.05) is 0 Å². The quantitative estimate of drug-likeness (QED) is 0.810. The summed E-state index contributed by atoms with van der Waals surface area (Å²) in [7, 11) is 0. The van der Waals surface area contributed by atoms with E-state index < -0.39 is 0 Å². The lowest BCUT2D eigenvalue weighted by molar-refractivity contribution is -0.123. The third-order valence-corrected chi connectivity index (χ3v) is 4.79. The second-order valence-corrected chi connectivity index (χ2v) is 6.32. The maximum atomic E-state index is 12.1. The highest BCUT2D eigenvalue weighted by Gasteiger charge is 2.26. The standard InChI is InChI=1S/C15H28N2O/c1-11-6-3-4-8-13(11)17-15(18)10-14-12(2)7-5-9-16-14/h11-14,16H,3-10H2,1-2H3,(H,17,18). The van der Waals surface area contributed by atoms with Gasteiger partial charge in [0.05, 0.1) is 0 Å². The molecule has 2 fully saturated rings.